The molecule has 1 fully saturated rings. The van der Waals surface area contributed by atoms with Crippen molar-refractivity contribution in [3.63, 3.8) is 0 Å². The predicted molar refractivity (Wildman–Crippen MR) is 72.2 cm³/mol. The van der Waals surface area contributed by atoms with Crippen LogP contribution in [-0.2, 0) is 4.79 Å². The Morgan fingerprint density at radius 2 is 2.17 bits per heavy atom. The Morgan fingerprint density at radius 3 is 2.83 bits per heavy atom. The first kappa shape index (κ1) is 12.7. The van der Waals surface area contributed by atoms with Gasteiger partial charge in [0.05, 0.1) is 0 Å². The first-order valence-electron chi connectivity index (χ1n) is 6.43. The number of nitrogens with one attached hydrogen (secondary N) is 1. The second-order valence-electron chi connectivity index (χ2n) is 4.73. The lowest BCUT2D eigenvalue weighted by molar-refractivity contribution is -0.132. The van der Waals surface area contributed by atoms with Crippen LogP contribution in [-0.4, -0.2) is 34.9 Å². The largest absolute Gasteiger partial charge is 0.399 e. The van der Waals surface area contributed by atoms with E-state index in [4.69, 9.17) is 5.73 Å². The van der Waals surface area contributed by atoms with Crippen LogP contribution in [0.25, 0.3) is 0 Å². The van der Waals surface area contributed by atoms with Crippen molar-refractivity contribution in [2.75, 3.05) is 24.1 Å². The lowest BCUT2D eigenvalue weighted by Crippen LogP contribution is -2.44. The van der Waals surface area contributed by atoms with Crippen molar-refractivity contribution in [3.8, 4) is 0 Å². The van der Waals surface area contributed by atoms with Gasteiger partial charge in [-0.15, -0.1) is 0 Å². The summed E-state index contributed by atoms with van der Waals surface area (Å²) >= 11 is 0. The Bertz CT molecular complexity index is 415. The minimum Gasteiger partial charge on any atom is -0.399 e. The number of piperidine rings is 1. The molecule has 1 saturated heterocycles. The molecule has 1 aliphatic heterocycles. The molecule has 0 radical (unpaired) electrons. The summed E-state index contributed by atoms with van der Waals surface area (Å²) in [6.07, 6.45) is 5.07. The van der Waals surface area contributed by atoms with Crippen molar-refractivity contribution in [1.29, 1.82) is 0 Å². The van der Waals surface area contributed by atoms with Crippen molar-refractivity contribution in [1.82, 2.24) is 9.88 Å². The molecule has 0 spiro atoms. The van der Waals surface area contributed by atoms with Crippen LogP contribution in [0, 0.1) is 0 Å². The molecule has 0 bridgehead atoms. The number of nitrogens with two attached hydrogens (primary N) is 1. The summed E-state index contributed by atoms with van der Waals surface area (Å²) in [6, 6.07) is 3.19. The van der Waals surface area contributed by atoms with Gasteiger partial charge in [0.15, 0.2) is 0 Å². The van der Waals surface area contributed by atoms with Gasteiger partial charge in [-0.1, -0.05) is 0 Å². The minimum atomic E-state index is -0.266. The maximum absolute atomic E-state index is 12.2. The zero-order chi connectivity index (χ0) is 13.0. The van der Waals surface area contributed by atoms with E-state index in [9.17, 15) is 4.79 Å². The van der Waals surface area contributed by atoms with Crippen molar-refractivity contribution >= 4 is 17.4 Å². The van der Waals surface area contributed by atoms with Crippen molar-refractivity contribution < 1.29 is 4.79 Å². The number of carbonyl (C=O) groups excluding carboxylic acids is 1. The predicted octanol–water partition coefficient (Wildman–Crippen LogP) is 1.48. The number of anilines is 2. The summed E-state index contributed by atoms with van der Waals surface area (Å²) in [4.78, 5) is 18.3. The Hall–Kier alpha value is -1.78. The van der Waals surface area contributed by atoms with Crippen LogP contribution in [0.4, 0.5) is 11.5 Å². The van der Waals surface area contributed by atoms with E-state index in [0.717, 1.165) is 25.9 Å². The van der Waals surface area contributed by atoms with Crippen LogP contribution in [0.2, 0.25) is 0 Å². The third-order valence-corrected chi connectivity index (χ3v) is 3.19. The molecule has 5 heteroatoms. The summed E-state index contributed by atoms with van der Waals surface area (Å²) in [7, 11) is 0. The van der Waals surface area contributed by atoms with E-state index >= 15 is 0 Å². The van der Waals surface area contributed by atoms with Gasteiger partial charge in [-0.3, -0.25) is 4.79 Å². The van der Waals surface area contributed by atoms with Crippen molar-refractivity contribution in [2.45, 2.75) is 32.2 Å². The Labute approximate surface area is 107 Å². The molecule has 0 saturated carbocycles. The van der Waals surface area contributed by atoms with Gasteiger partial charge >= 0.3 is 0 Å². The minimum absolute atomic E-state index is 0.138. The standard InChI is InChI=1S/C13H20N4O/c1-10(13(18)17-7-3-2-4-8-17)16-12-9-11(14)5-6-15-12/h5-6,9-10H,2-4,7-8H2,1H3,(H3,14,15,16). The smallest absolute Gasteiger partial charge is 0.244 e. The highest BCUT2D eigenvalue weighted by molar-refractivity contribution is 5.84. The Morgan fingerprint density at radius 1 is 1.44 bits per heavy atom. The van der Waals surface area contributed by atoms with Gasteiger partial charge in [0.2, 0.25) is 5.91 Å². The Balaban J connectivity index is 1.94. The quantitative estimate of drug-likeness (QED) is 0.850. The van der Waals surface area contributed by atoms with Gasteiger partial charge in [-0.2, -0.15) is 0 Å². The van der Waals surface area contributed by atoms with E-state index < -0.39 is 0 Å². The molecule has 18 heavy (non-hydrogen) atoms. The summed E-state index contributed by atoms with van der Waals surface area (Å²) in [5.41, 5.74) is 6.32. The number of aromatic nitrogens is 1. The lowest BCUT2D eigenvalue weighted by atomic mass is 10.1. The highest BCUT2D eigenvalue weighted by Crippen LogP contribution is 2.13. The number of carbonyl (C=O) groups is 1. The summed E-state index contributed by atoms with van der Waals surface area (Å²) in [5, 5.41) is 3.10. The lowest BCUT2D eigenvalue weighted by Gasteiger charge is -2.29. The van der Waals surface area contributed by atoms with Gasteiger partial charge < -0.3 is 16.0 Å². The van der Waals surface area contributed by atoms with Gasteiger partial charge in [-0.25, -0.2) is 4.98 Å². The number of rotatable bonds is 3. The fourth-order valence-corrected chi connectivity index (χ4v) is 2.20. The molecule has 1 unspecified atom stereocenters. The second-order valence-corrected chi connectivity index (χ2v) is 4.73. The molecule has 0 aliphatic carbocycles. The van der Waals surface area contributed by atoms with Crippen LogP contribution in [0.5, 0.6) is 0 Å². The average Bonchev–Trinajstić information content (AvgIpc) is 2.39. The maximum atomic E-state index is 12.2. The third-order valence-electron chi connectivity index (χ3n) is 3.19. The molecule has 0 aromatic carbocycles. The zero-order valence-electron chi connectivity index (χ0n) is 10.7. The summed E-state index contributed by atoms with van der Waals surface area (Å²) in [6.45, 7) is 3.60. The van der Waals surface area contributed by atoms with E-state index in [1.807, 2.05) is 11.8 Å². The molecule has 5 nitrogen and oxygen atoms in total. The normalized spacial score (nSPS) is 17.3. The first-order chi connectivity index (χ1) is 8.66. The molecular formula is C13H20N4O. The van der Waals surface area contributed by atoms with Crippen molar-refractivity contribution in [3.05, 3.63) is 18.3 Å². The molecule has 98 valence electrons. The van der Waals surface area contributed by atoms with Crippen LogP contribution < -0.4 is 11.1 Å². The van der Waals surface area contributed by atoms with Crippen LogP contribution in [0.15, 0.2) is 18.3 Å². The monoisotopic (exact) mass is 248 g/mol. The number of pyridine rings is 1. The fourth-order valence-electron chi connectivity index (χ4n) is 2.20. The maximum Gasteiger partial charge on any atom is 0.244 e. The molecule has 2 rings (SSSR count). The van der Waals surface area contributed by atoms with Crippen LogP contribution in [0.3, 0.4) is 0 Å². The molecule has 1 aromatic rings. The zero-order valence-corrected chi connectivity index (χ0v) is 10.7. The van der Waals surface area contributed by atoms with Gasteiger partial charge in [-0.05, 0) is 32.3 Å². The highest BCUT2D eigenvalue weighted by atomic mass is 16.2. The van der Waals surface area contributed by atoms with Crippen molar-refractivity contribution in [2.24, 2.45) is 0 Å². The van der Waals surface area contributed by atoms with Crippen LogP contribution in [0.1, 0.15) is 26.2 Å². The molecule has 1 atom stereocenters. The van der Waals surface area contributed by atoms with Crippen LogP contribution >= 0.6 is 0 Å². The number of hydrogen-bond acceptors (Lipinski definition) is 4. The highest BCUT2D eigenvalue weighted by Gasteiger charge is 2.22. The summed E-state index contributed by atoms with van der Waals surface area (Å²) in [5.74, 6) is 0.784. The fraction of sp³-hybridized carbons (Fsp3) is 0.538. The molecule has 1 aromatic heterocycles. The van der Waals surface area contributed by atoms with E-state index in [1.165, 1.54) is 6.42 Å². The number of amides is 1. The molecular weight excluding hydrogens is 228 g/mol. The van der Waals surface area contributed by atoms with Gasteiger partial charge in [0.25, 0.3) is 0 Å². The SMILES string of the molecule is CC(Nc1cc(N)ccn1)C(=O)N1CCCCC1. The van der Waals surface area contributed by atoms with E-state index in [0.29, 0.717) is 11.5 Å². The third kappa shape index (κ3) is 3.12. The number of hydrogen-bond donors (Lipinski definition) is 2. The molecule has 2 heterocycles. The van der Waals surface area contributed by atoms with Gasteiger partial charge in [0, 0.05) is 31.0 Å². The van der Waals surface area contributed by atoms with E-state index in [1.54, 1.807) is 18.3 Å². The summed E-state index contributed by atoms with van der Waals surface area (Å²) < 4.78 is 0. The number of nitrogen functional groups attached to an aromatic ring is 1. The number of nitrogens with zero attached hydrogens (tertiary/aromatic N) is 2. The topological polar surface area (TPSA) is 71.2 Å². The second kappa shape index (κ2) is 5.71. The Kier molecular flexibility index (Phi) is 4.02. The average molecular weight is 248 g/mol. The molecule has 1 aliphatic rings. The van der Waals surface area contributed by atoms with E-state index in [2.05, 4.69) is 10.3 Å². The van der Waals surface area contributed by atoms with E-state index in [-0.39, 0.29) is 11.9 Å². The molecule has 1 amide bonds. The van der Waals surface area contributed by atoms with Gasteiger partial charge in [0.1, 0.15) is 11.9 Å². The molecule has 3 N–H and O–H groups in total. The first-order valence-corrected chi connectivity index (χ1v) is 6.43. The number of likely N-dealkylation sites (tertiary alicyclic amines) is 1.